The Bertz CT molecular complexity index is 1480. The Labute approximate surface area is 199 Å². The second-order valence-corrected chi connectivity index (χ2v) is 7.24. The van der Waals surface area contributed by atoms with E-state index < -0.39 is 10.5 Å². The van der Waals surface area contributed by atoms with E-state index in [1.54, 1.807) is 30.3 Å². The number of rotatable bonds is 8. The highest BCUT2D eigenvalue weighted by Crippen LogP contribution is 2.28. The fourth-order valence-corrected chi connectivity index (χ4v) is 3.22. The minimum absolute atomic E-state index is 0.0152. The number of H-pyrrole nitrogens is 1. The molecule has 0 aliphatic carbocycles. The van der Waals surface area contributed by atoms with E-state index in [0.717, 1.165) is 5.56 Å². The van der Waals surface area contributed by atoms with E-state index >= 15 is 0 Å². The number of hydrogen-bond donors (Lipinski definition) is 2. The lowest BCUT2D eigenvalue weighted by Crippen LogP contribution is -2.16. The predicted molar refractivity (Wildman–Crippen MR) is 130 cm³/mol. The molecule has 10 heteroatoms. The second-order valence-electron chi connectivity index (χ2n) is 7.24. The van der Waals surface area contributed by atoms with Crippen molar-refractivity contribution in [2.45, 2.75) is 6.61 Å². The van der Waals surface area contributed by atoms with Gasteiger partial charge in [0.1, 0.15) is 18.2 Å². The van der Waals surface area contributed by atoms with Gasteiger partial charge >= 0.3 is 5.69 Å². The van der Waals surface area contributed by atoms with E-state index in [0.29, 0.717) is 11.1 Å². The molecule has 4 rings (SSSR count). The summed E-state index contributed by atoms with van der Waals surface area (Å²) < 4.78 is 5.63. The van der Waals surface area contributed by atoms with Crippen LogP contribution in [0.1, 0.15) is 16.7 Å². The smallest absolute Gasteiger partial charge is 0.311 e. The van der Waals surface area contributed by atoms with Crippen molar-refractivity contribution in [3.05, 3.63) is 116 Å². The van der Waals surface area contributed by atoms with Crippen LogP contribution in [-0.4, -0.2) is 21.1 Å². The average Bonchev–Trinajstić information content (AvgIpc) is 2.88. The van der Waals surface area contributed by atoms with Gasteiger partial charge < -0.3 is 4.74 Å². The number of hydrazone groups is 1. The Morgan fingerprint density at radius 2 is 1.83 bits per heavy atom. The normalized spacial score (nSPS) is 10.6. The molecule has 0 radical (unpaired) electrons. The quantitative estimate of drug-likeness (QED) is 0.224. The maximum absolute atomic E-state index is 12.3. The molecule has 0 saturated carbocycles. The summed E-state index contributed by atoms with van der Waals surface area (Å²) in [6.45, 7) is 0.193. The first-order chi connectivity index (χ1) is 17.0. The Balaban J connectivity index is 1.53. The molecule has 0 amide bonds. The SMILES string of the molecule is N#Cc1c(-c2ccccc2)nc(NN=Cc2ccc(OCc3ccccc3)c([N+](=O)[O-])c2)[nH]c1=O. The van der Waals surface area contributed by atoms with E-state index in [-0.39, 0.29) is 35.2 Å². The van der Waals surface area contributed by atoms with Gasteiger partial charge in [0.05, 0.1) is 16.8 Å². The zero-order valence-corrected chi connectivity index (χ0v) is 18.2. The maximum atomic E-state index is 12.3. The number of ether oxygens (including phenoxy) is 1. The van der Waals surface area contributed by atoms with Crippen molar-refractivity contribution in [3.8, 4) is 23.1 Å². The summed E-state index contributed by atoms with van der Waals surface area (Å²) in [5.41, 5.74) is 3.78. The van der Waals surface area contributed by atoms with E-state index in [4.69, 9.17) is 4.74 Å². The Morgan fingerprint density at radius 1 is 1.11 bits per heavy atom. The van der Waals surface area contributed by atoms with E-state index in [9.17, 15) is 20.2 Å². The molecule has 0 bridgehead atoms. The number of nitrogens with zero attached hydrogens (tertiary/aromatic N) is 4. The van der Waals surface area contributed by atoms with Gasteiger partial charge in [0, 0.05) is 17.2 Å². The van der Waals surface area contributed by atoms with Crippen molar-refractivity contribution in [1.29, 1.82) is 5.26 Å². The minimum atomic E-state index is -0.616. The largest absolute Gasteiger partial charge is 0.482 e. The molecule has 0 aliphatic heterocycles. The van der Waals surface area contributed by atoms with Gasteiger partial charge in [-0.2, -0.15) is 10.4 Å². The molecular weight excluding hydrogens is 448 g/mol. The molecule has 2 N–H and O–H groups in total. The summed E-state index contributed by atoms with van der Waals surface area (Å²) in [5.74, 6) is 0.149. The topological polar surface area (TPSA) is 146 Å². The Kier molecular flexibility index (Phi) is 6.89. The molecule has 0 atom stereocenters. The molecule has 3 aromatic carbocycles. The standard InChI is InChI=1S/C25H18N6O4/c26-14-20-23(19-9-5-2-6-10-19)28-25(29-24(20)32)30-27-15-18-11-12-22(21(13-18)31(33)34)35-16-17-7-3-1-4-8-17/h1-13,15H,16H2,(H2,28,29,30,32). The van der Waals surface area contributed by atoms with Crippen molar-refractivity contribution in [1.82, 2.24) is 9.97 Å². The first-order valence-corrected chi connectivity index (χ1v) is 10.4. The van der Waals surface area contributed by atoms with E-state index in [1.165, 1.54) is 18.3 Å². The second kappa shape index (κ2) is 10.5. The molecule has 0 unspecified atom stereocenters. The molecule has 4 aromatic rings. The molecule has 1 heterocycles. The fourth-order valence-electron chi connectivity index (χ4n) is 3.22. The van der Waals surface area contributed by atoms with Crippen LogP contribution in [0.3, 0.4) is 0 Å². The zero-order chi connectivity index (χ0) is 24.6. The molecule has 0 aliphatic rings. The van der Waals surface area contributed by atoms with Crippen molar-refractivity contribution >= 4 is 17.9 Å². The Hall–Kier alpha value is -5.30. The lowest BCUT2D eigenvalue weighted by molar-refractivity contribution is -0.385. The van der Waals surface area contributed by atoms with Gasteiger partial charge in [-0.25, -0.2) is 10.4 Å². The molecule has 1 aromatic heterocycles. The van der Waals surface area contributed by atoms with Gasteiger partial charge in [0.2, 0.25) is 5.95 Å². The summed E-state index contributed by atoms with van der Waals surface area (Å²) in [5, 5.41) is 24.9. The number of aromatic nitrogens is 2. The minimum Gasteiger partial charge on any atom is -0.482 e. The molecule has 0 spiro atoms. The molecule has 0 fully saturated rings. The summed E-state index contributed by atoms with van der Waals surface area (Å²) in [7, 11) is 0. The van der Waals surface area contributed by atoms with Gasteiger partial charge in [0.15, 0.2) is 5.75 Å². The lowest BCUT2D eigenvalue weighted by atomic mass is 10.1. The highest BCUT2D eigenvalue weighted by Gasteiger charge is 2.16. The highest BCUT2D eigenvalue weighted by molar-refractivity contribution is 5.82. The summed E-state index contributed by atoms with van der Waals surface area (Å²) in [4.78, 5) is 30.1. The number of anilines is 1. The number of nitriles is 1. The van der Waals surface area contributed by atoms with Crippen molar-refractivity contribution in [2.24, 2.45) is 5.10 Å². The number of nitro benzene ring substituents is 1. The van der Waals surface area contributed by atoms with Gasteiger partial charge in [-0.1, -0.05) is 60.7 Å². The highest BCUT2D eigenvalue weighted by atomic mass is 16.6. The number of aromatic amines is 1. The third-order valence-electron chi connectivity index (χ3n) is 4.88. The van der Waals surface area contributed by atoms with Crippen LogP contribution >= 0.6 is 0 Å². The van der Waals surface area contributed by atoms with Crippen molar-refractivity contribution < 1.29 is 9.66 Å². The van der Waals surface area contributed by atoms with Crippen LogP contribution in [0.2, 0.25) is 0 Å². The van der Waals surface area contributed by atoms with E-state index in [1.807, 2.05) is 42.5 Å². The lowest BCUT2D eigenvalue weighted by Gasteiger charge is -2.07. The number of nitro groups is 1. The summed E-state index contributed by atoms with van der Waals surface area (Å²) >= 11 is 0. The van der Waals surface area contributed by atoms with Gasteiger partial charge in [0.25, 0.3) is 5.56 Å². The van der Waals surface area contributed by atoms with E-state index in [2.05, 4.69) is 20.5 Å². The fraction of sp³-hybridized carbons (Fsp3) is 0.0400. The molecular formula is C25H18N6O4. The van der Waals surface area contributed by atoms with Gasteiger partial charge in [-0.15, -0.1) is 0 Å². The number of nitrogens with one attached hydrogen (secondary N) is 2. The first kappa shape index (κ1) is 22.9. The van der Waals surface area contributed by atoms with Crippen LogP contribution in [-0.2, 0) is 6.61 Å². The molecule has 35 heavy (non-hydrogen) atoms. The third-order valence-corrected chi connectivity index (χ3v) is 4.88. The zero-order valence-electron chi connectivity index (χ0n) is 18.2. The average molecular weight is 466 g/mol. The monoisotopic (exact) mass is 466 g/mol. The Morgan fingerprint density at radius 3 is 2.51 bits per heavy atom. The van der Waals surface area contributed by atoms with Gasteiger partial charge in [-0.3, -0.25) is 19.9 Å². The third kappa shape index (κ3) is 5.55. The molecule has 172 valence electrons. The van der Waals surface area contributed by atoms with Crippen LogP contribution < -0.4 is 15.7 Å². The predicted octanol–water partition coefficient (Wildman–Crippen LogP) is 4.24. The maximum Gasteiger partial charge on any atom is 0.311 e. The van der Waals surface area contributed by atoms with Crippen LogP contribution in [0.5, 0.6) is 5.75 Å². The number of hydrogen-bond acceptors (Lipinski definition) is 8. The van der Waals surface area contributed by atoms with Crippen LogP contribution in [0, 0.1) is 21.4 Å². The van der Waals surface area contributed by atoms with Crippen molar-refractivity contribution in [2.75, 3.05) is 5.43 Å². The molecule has 0 saturated heterocycles. The summed E-state index contributed by atoms with van der Waals surface area (Å²) in [6, 6.07) is 24.4. The van der Waals surface area contributed by atoms with Crippen LogP contribution in [0.15, 0.2) is 88.8 Å². The first-order valence-electron chi connectivity index (χ1n) is 10.4. The van der Waals surface area contributed by atoms with Crippen LogP contribution in [0.4, 0.5) is 11.6 Å². The molecule has 10 nitrogen and oxygen atoms in total. The van der Waals surface area contributed by atoms with Crippen molar-refractivity contribution in [3.63, 3.8) is 0 Å². The summed E-state index contributed by atoms with van der Waals surface area (Å²) in [6.07, 6.45) is 1.34. The van der Waals surface area contributed by atoms with Crippen LogP contribution in [0.25, 0.3) is 11.3 Å². The van der Waals surface area contributed by atoms with Gasteiger partial charge in [-0.05, 0) is 17.7 Å². The number of benzene rings is 3.